The molecular formula is C13H14N4O2. The Morgan fingerprint density at radius 3 is 2.68 bits per heavy atom. The van der Waals surface area contributed by atoms with Gasteiger partial charge in [-0.2, -0.15) is 0 Å². The van der Waals surface area contributed by atoms with E-state index in [4.69, 9.17) is 0 Å². The average Bonchev–Trinajstić information content (AvgIpc) is 2.47. The van der Waals surface area contributed by atoms with Gasteiger partial charge in [0, 0.05) is 26.0 Å². The first-order chi connectivity index (χ1) is 9.20. The predicted octanol–water partition coefficient (Wildman–Crippen LogP) is 1.29. The molecule has 0 radical (unpaired) electrons. The maximum Gasteiger partial charge on any atom is 0.358 e. The van der Waals surface area contributed by atoms with Gasteiger partial charge in [0.1, 0.15) is 5.82 Å². The van der Waals surface area contributed by atoms with Crippen LogP contribution in [0.15, 0.2) is 36.9 Å². The Balaban J connectivity index is 2.15. The van der Waals surface area contributed by atoms with Crippen LogP contribution in [0.1, 0.15) is 16.1 Å². The molecule has 0 aliphatic heterocycles. The Morgan fingerprint density at radius 1 is 1.26 bits per heavy atom. The number of esters is 1. The number of nitrogens with zero attached hydrogens (tertiary/aromatic N) is 4. The summed E-state index contributed by atoms with van der Waals surface area (Å²) in [5.74, 6) is 0.117. The Kier molecular flexibility index (Phi) is 4.02. The van der Waals surface area contributed by atoms with Gasteiger partial charge < -0.3 is 9.64 Å². The SMILES string of the molecule is COC(=O)c1cncc(N(C)Cc2ccncc2)n1. The van der Waals surface area contributed by atoms with Crippen molar-refractivity contribution in [3.63, 3.8) is 0 Å². The zero-order chi connectivity index (χ0) is 13.7. The van der Waals surface area contributed by atoms with Crippen molar-refractivity contribution < 1.29 is 9.53 Å². The minimum Gasteiger partial charge on any atom is -0.464 e. The first-order valence-electron chi connectivity index (χ1n) is 5.71. The summed E-state index contributed by atoms with van der Waals surface area (Å²) in [5, 5.41) is 0. The predicted molar refractivity (Wildman–Crippen MR) is 69.7 cm³/mol. The number of aromatic nitrogens is 3. The topological polar surface area (TPSA) is 68.2 Å². The van der Waals surface area contributed by atoms with E-state index in [2.05, 4.69) is 19.7 Å². The molecule has 0 fully saturated rings. The second kappa shape index (κ2) is 5.90. The number of methoxy groups -OCH3 is 1. The number of carbonyl (C=O) groups excluding carboxylic acids is 1. The number of hydrogen-bond donors (Lipinski definition) is 0. The fraction of sp³-hybridized carbons (Fsp3) is 0.231. The molecule has 0 amide bonds. The summed E-state index contributed by atoms with van der Waals surface area (Å²) in [6.45, 7) is 0.655. The number of anilines is 1. The smallest absolute Gasteiger partial charge is 0.358 e. The molecule has 19 heavy (non-hydrogen) atoms. The molecule has 0 unspecified atom stereocenters. The molecule has 0 aliphatic rings. The molecule has 98 valence electrons. The molecule has 2 rings (SSSR count). The first kappa shape index (κ1) is 12.9. The second-order valence-electron chi connectivity index (χ2n) is 3.97. The van der Waals surface area contributed by atoms with Crippen LogP contribution < -0.4 is 4.90 Å². The van der Waals surface area contributed by atoms with E-state index < -0.39 is 5.97 Å². The standard InChI is InChI=1S/C13H14N4O2/c1-17(9-10-3-5-14-6-4-10)12-8-15-7-11(16-12)13(18)19-2/h3-8H,9H2,1-2H3. The van der Waals surface area contributed by atoms with Gasteiger partial charge in [-0.1, -0.05) is 0 Å². The summed E-state index contributed by atoms with van der Waals surface area (Å²) in [4.78, 5) is 25.5. The van der Waals surface area contributed by atoms with E-state index in [0.717, 1.165) is 5.56 Å². The van der Waals surface area contributed by atoms with Crippen molar-refractivity contribution in [2.75, 3.05) is 19.1 Å². The van der Waals surface area contributed by atoms with Crippen LogP contribution in [0.5, 0.6) is 0 Å². The lowest BCUT2D eigenvalue weighted by Crippen LogP contribution is -2.19. The normalized spacial score (nSPS) is 10.0. The first-order valence-corrected chi connectivity index (χ1v) is 5.71. The molecule has 0 atom stereocenters. The molecule has 6 heteroatoms. The molecular weight excluding hydrogens is 244 g/mol. The Bertz CT molecular complexity index is 560. The highest BCUT2D eigenvalue weighted by atomic mass is 16.5. The van der Waals surface area contributed by atoms with Crippen LogP contribution in [-0.2, 0) is 11.3 Å². The van der Waals surface area contributed by atoms with E-state index in [1.165, 1.54) is 13.3 Å². The summed E-state index contributed by atoms with van der Waals surface area (Å²) >= 11 is 0. The fourth-order valence-corrected chi connectivity index (χ4v) is 1.59. The van der Waals surface area contributed by atoms with Gasteiger partial charge in [-0.05, 0) is 17.7 Å². The molecule has 2 heterocycles. The van der Waals surface area contributed by atoms with Crippen molar-refractivity contribution in [1.82, 2.24) is 15.0 Å². The molecule has 6 nitrogen and oxygen atoms in total. The molecule has 2 aromatic rings. The van der Waals surface area contributed by atoms with E-state index in [1.807, 2.05) is 24.1 Å². The Morgan fingerprint density at radius 2 is 2.00 bits per heavy atom. The summed E-state index contributed by atoms with van der Waals surface area (Å²) in [5.41, 5.74) is 1.30. The van der Waals surface area contributed by atoms with E-state index in [9.17, 15) is 4.79 Å². The largest absolute Gasteiger partial charge is 0.464 e. The minimum absolute atomic E-state index is 0.196. The molecule has 0 bridgehead atoms. The summed E-state index contributed by atoms with van der Waals surface area (Å²) in [6, 6.07) is 3.85. The summed E-state index contributed by atoms with van der Waals surface area (Å²) in [6.07, 6.45) is 6.46. The highest BCUT2D eigenvalue weighted by molar-refractivity contribution is 5.87. The Labute approximate surface area is 111 Å². The third-order valence-electron chi connectivity index (χ3n) is 2.58. The fourth-order valence-electron chi connectivity index (χ4n) is 1.59. The summed E-state index contributed by atoms with van der Waals surface area (Å²) in [7, 11) is 3.20. The highest BCUT2D eigenvalue weighted by Crippen LogP contribution is 2.11. The van der Waals surface area contributed by atoms with Crippen molar-refractivity contribution in [2.45, 2.75) is 6.54 Å². The van der Waals surface area contributed by atoms with Gasteiger partial charge in [0.05, 0.1) is 19.5 Å². The lowest BCUT2D eigenvalue weighted by atomic mass is 10.2. The van der Waals surface area contributed by atoms with Gasteiger partial charge in [-0.25, -0.2) is 9.78 Å². The monoisotopic (exact) mass is 258 g/mol. The van der Waals surface area contributed by atoms with Crippen molar-refractivity contribution >= 4 is 11.8 Å². The van der Waals surface area contributed by atoms with E-state index in [1.54, 1.807) is 18.6 Å². The highest BCUT2D eigenvalue weighted by Gasteiger charge is 2.11. The molecule has 0 saturated carbocycles. The molecule has 0 saturated heterocycles. The number of pyridine rings is 1. The zero-order valence-corrected chi connectivity index (χ0v) is 10.8. The molecule has 0 aromatic carbocycles. The van der Waals surface area contributed by atoms with Crippen LogP contribution in [0.3, 0.4) is 0 Å². The van der Waals surface area contributed by atoms with Gasteiger partial charge >= 0.3 is 5.97 Å². The van der Waals surface area contributed by atoms with Crippen LogP contribution in [0.25, 0.3) is 0 Å². The zero-order valence-electron chi connectivity index (χ0n) is 10.8. The van der Waals surface area contributed by atoms with E-state index in [0.29, 0.717) is 12.4 Å². The van der Waals surface area contributed by atoms with Crippen molar-refractivity contribution in [1.29, 1.82) is 0 Å². The van der Waals surface area contributed by atoms with Crippen LogP contribution >= 0.6 is 0 Å². The van der Waals surface area contributed by atoms with Crippen molar-refractivity contribution in [2.24, 2.45) is 0 Å². The maximum atomic E-state index is 11.4. The van der Waals surface area contributed by atoms with E-state index in [-0.39, 0.29) is 5.69 Å². The quantitative estimate of drug-likeness (QED) is 0.770. The number of carbonyl (C=O) groups is 1. The molecule has 0 spiro atoms. The van der Waals surface area contributed by atoms with Crippen molar-refractivity contribution in [3.8, 4) is 0 Å². The van der Waals surface area contributed by atoms with Crippen LogP contribution in [0.2, 0.25) is 0 Å². The van der Waals surface area contributed by atoms with Gasteiger partial charge in [0.15, 0.2) is 5.69 Å². The van der Waals surface area contributed by atoms with Gasteiger partial charge in [0.2, 0.25) is 0 Å². The summed E-state index contributed by atoms with van der Waals surface area (Å²) < 4.78 is 4.62. The lowest BCUT2D eigenvalue weighted by Gasteiger charge is -2.17. The van der Waals surface area contributed by atoms with Crippen LogP contribution in [-0.4, -0.2) is 35.1 Å². The van der Waals surface area contributed by atoms with Crippen LogP contribution in [0, 0.1) is 0 Å². The molecule has 2 aromatic heterocycles. The van der Waals surface area contributed by atoms with Gasteiger partial charge in [0.25, 0.3) is 0 Å². The second-order valence-corrected chi connectivity index (χ2v) is 3.97. The number of rotatable bonds is 4. The van der Waals surface area contributed by atoms with Crippen LogP contribution in [0.4, 0.5) is 5.82 Å². The van der Waals surface area contributed by atoms with Crippen molar-refractivity contribution in [3.05, 3.63) is 48.2 Å². The Hall–Kier alpha value is -2.50. The number of hydrogen-bond acceptors (Lipinski definition) is 6. The third kappa shape index (κ3) is 3.25. The lowest BCUT2D eigenvalue weighted by molar-refractivity contribution is 0.0593. The van der Waals surface area contributed by atoms with Gasteiger partial charge in [-0.3, -0.25) is 9.97 Å². The molecule has 0 N–H and O–H groups in total. The minimum atomic E-state index is -0.494. The maximum absolute atomic E-state index is 11.4. The van der Waals surface area contributed by atoms with E-state index >= 15 is 0 Å². The third-order valence-corrected chi connectivity index (χ3v) is 2.58. The average molecular weight is 258 g/mol. The van der Waals surface area contributed by atoms with Gasteiger partial charge in [-0.15, -0.1) is 0 Å². The molecule has 0 aliphatic carbocycles. The number of ether oxygens (including phenoxy) is 1.